The number of aromatic nitrogens is 2. The van der Waals surface area contributed by atoms with Gasteiger partial charge < -0.3 is 9.84 Å². The maximum atomic E-state index is 12.8. The van der Waals surface area contributed by atoms with Crippen LogP contribution in [-0.2, 0) is 12.6 Å². The highest BCUT2D eigenvalue weighted by Crippen LogP contribution is 2.29. The Kier molecular flexibility index (Phi) is 6.46. The zero-order chi connectivity index (χ0) is 23.4. The molecular formula is C24H17ClF3N3O2. The van der Waals surface area contributed by atoms with Crippen LogP contribution in [0.3, 0.4) is 0 Å². The van der Waals surface area contributed by atoms with Crippen molar-refractivity contribution in [3.05, 3.63) is 106 Å². The van der Waals surface area contributed by atoms with Gasteiger partial charge in [0.1, 0.15) is 6.04 Å². The third-order valence-electron chi connectivity index (χ3n) is 4.89. The topological polar surface area (TPSA) is 68.0 Å². The first-order chi connectivity index (χ1) is 15.8. The summed E-state index contributed by atoms with van der Waals surface area (Å²) in [5, 5.41) is 7.29. The molecule has 0 aliphatic heterocycles. The van der Waals surface area contributed by atoms with Gasteiger partial charge in [0.15, 0.2) is 0 Å². The molecule has 0 spiro atoms. The van der Waals surface area contributed by atoms with Crippen molar-refractivity contribution in [2.24, 2.45) is 0 Å². The highest BCUT2D eigenvalue weighted by atomic mass is 35.5. The first kappa shape index (κ1) is 22.5. The molecule has 1 amide bonds. The fraction of sp³-hybridized carbons (Fsp3) is 0.125. The van der Waals surface area contributed by atoms with Gasteiger partial charge in [-0.15, -0.1) is 0 Å². The number of hydrogen-bond acceptors (Lipinski definition) is 4. The molecule has 4 aromatic rings. The third kappa shape index (κ3) is 5.59. The van der Waals surface area contributed by atoms with Crippen molar-refractivity contribution in [3.63, 3.8) is 0 Å². The van der Waals surface area contributed by atoms with Gasteiger partial charge in [0, 0.05) is 22.6 Å². The molecule has 1 heterocycles. The monoisotopic (exact) mass is 471 g/mol. The average molecular weight is 472 g/mol. The Labute approximate surface area is 192 Å². The second-order valence-corrected chi connectivity index (χ2v) is 7.69. The minimum Gasteiger partial charge on any atom is -0.340 e. The highest BCUT2D eigenvalue weighted by Gasteiger charge is 2.30. The number of nitrogens with zero attached hydrogens (tertiary/aromatic N) is 2. The van der Waals surface area contributed by atoms with Crippen LogP contribution in [0, 0.1) is 0 Å². The first-order valence-corrected chi connectivity index (χ1v) is 10.3. The molecule has 0 saturated carbocycles. The predicted octanol–water partition coefficient (Wildman–Crippen LogP) is 6.12. The molecule has 1 unspecified atom stereocenters. The van der Waals surface area contributed by atoms with Crippen LogP contribution in [0.5, 0.6) is 0 Å². The Morgan fingerprint density at radius 1 is 1.00 bits per heavy atom. The van der Waals surface area contributed by atoms with Crippen molar-refractivity contribution in [3.8, 4) is 11.4 Å². The van der Waals surface area contributed by atoms with E-state index in [1.165, 1.54) is 0 Å². The fourth-order valence-electron chi connectivity index (χ4n) is 3.22. The number of nitrogens with one attached hydrogen (secondary N) is 1. The van der Waals surface area contributed by atoms with Gasteiger partial charge >= 0.3 is 6.18 Å². The van der Waals surface area contributed by atoms with Crippen molar-refractivity contribution in [1.29, 1.82) is 0 Å². The Morgan fingerprint density at radius 2 is 1.73 bits per heavy atom. The van der Waals surface area contributed by atoms with Gasteiger partial charge in [-0.1, -0.05) is 59.2 Å². The molecule has 3 aromatic carbocycles. The quantitative estimate of drug-likeness (QED) is 0.367. The van der Waals surface area contributed by atoms with E-state index in [2.05, 4.69) is 15.5 Å². The van der Waals surface area contributed by atoms with Crippen LogP contribution >= 0.6 is 11.6 Å². The summed E-state index contributed by atoms with van der Waals surface area (Å²) >= 11 is 6.03. The van der Waals surface area contributed by atoms with E-state index in [1.807, 2.05) is 30.3 Å². The summed E-state index contributed by atoms with van der Waals surface area (Å²) in [6.45, 7) is 0. The largest absolute Gasteiger partial charge is 0.416 e. The van der Waals surface area contributed by atoms with Crippen LogP contribution < -0.4 is 5.32 Å². The Balaban J connectivity index is 1.60. The van der Waals surface area contributed by atoms with Crippen LogP contribution in [0.2, 0.25) is 5.02 Å². The zero-order valence-electron chi connectivity index (χ0n) is 17.0. The van der Waals surface area contributed by atoms with Gasteiger partial charge in [-0.2, -0.15) is 18.2 Å². The lowest BCUT2D eigenvalue weighted by atomic mass is 10.0. The van der Waals surface area contributed by atoms with E-state index in [-0.39, 0.29) is 11.5 Å². The lowest BCUT2D eigenvalue weighted by molar-refractivity contribution is -0.137. The van der Waals surface area contributed by atoms with Gasteiger partial charge in [0.25, 0.3) is 5.91 Å². The molecule has 168 valence electrons. The summed E-state index contributed by atoms with van der Waals surface area (Å²) in [5.74, 6) is -0.101. The molecule has 0 bridgehead atoms. The summed E-state index contributed by atoms with van der Waals surface area (Å²) in [4.78, 5) is 17.2. The van der Waals surface area contributed by atoms with Crippen molar-refractivity contribution in [2.45, 2.75) is 18.6 Å². The number of carbonyl (C=O) groups excluding carboxylic acids is 1. The lowest BCUT2D eigenvalue weighted by Gasteiger charge is -2.16. The molecule has 1 aromatic heterocycles. The summed E-state index contributed by atoms with van der Waals surface area (Å²) in [6, 6.07) is 19.5. The number of alkyl halides is 3. The minimum atomic E-state index is -4.48. The summed E-state index contributed by atoms with van der Waals surface area (Å²) in [5.41, 5.74) is 0.793. The van der Waals surface area contributed by atoms with Gasteiger partial charge in [-0.3, -0.25) is 4.79 Å². The molecule has 1 atom stereocenters. The maximum Gasteiger partial charge on any atom is 0.416 e. The summed E-state index contributed by atoms with van der Waals surface area (Å²) < 4.78 is 43.9. The molecule has 5 nitrogen and oxygen atoms in total. The standard InChI is InChI=1S/C24H17ClF3N3O2/c25-19-8-4-7-17(14-19)21-30-23(33-31-21)20(13-15-5-2-1-3-6-15)29-22(32)16-9-11-18(12-10-16)24(26,27)28/h1-12,14,20H,13H2,(H,29,32). The van der Waals surface area contributed by atoms with E-state index in [0.717, 1.165) is 29.8 Å². The van der Waals surface area contributed by atoms with Crippen molar-refractivity contribution in [1.82, 2.24) is 15.5 Å². The molecule has 1 N–H and O–H groups in total. The van der Waals surface area contributed by atoms with Crippen molar-refractivity contribution < 1.29 is 22.5 Å². The molecule has 33 heavy (non-hydrogen) atoms. The first-order valence-electron chi connectivity index (χ1n) is 9.91. The second-order valence-electron chi connectivity index (χ2n) is 7.26. The predicted molar refractivity (Wildman–Crippen MR) is 117 cm³/mol. The van der Waals surface area contributed by atoms with Gasteiger partial charge in [-0.05, 0) is 42.0 Å². The summed E-state index contributed by atoms with van der Waals surface area (Å²) in [6.07, 6.45) is -4.14. The van der Waals surface area contributed by atoms with E-state index >= 15 is 0 Å². The van der Waals surface area contributed by atoms with Gasteiger partial charge in [0.2, 0.25) is 11.7 Å². The minimum absolute atomic E-state index is 0.0793. The van der Waals surface area contributed by atoms with Crippen LogP contribution in [-0.4, -0.2) is 16.0 Å². The molecule has 0 aliphatic rings. The number of benzene rings is 3. The van der Waals surface area contributed by atoms with Crippen molar-refractivity contribution in [2.75, 3.05) is 0 Å². The Hall–Kier alpha value is -3.65. The molecule has 4 rings (SSSR count). The zero-order valence-corrected chi connectivity index (χ0v) is 17.8. The van der Waals surface area contributed by atoms with E-state index in [4.69, 9.17) is 16.1 Å². The normalized spacial score (nSPS) is 12.4. The molecule has 0 radical (unpaired) electrons. The molecule has 0 fully saturated rings. The Bertz CT molecular complexity index is 1240. The number of hydrogen-bond donors (Lipinski definition) is 1. The van der Waals surface area contributed by atoms with Crippen LogP contribution in [0.25, 0.3) is 11.4 Å². The van der Waals surface area contributed by atoms with Crippen molar-refractivity contribution >= 4 is 17.5 Å². The average Bonchev–Trinajstić information content (AvgIpc) is 3.29. The number of carbonyl (C=O) groups is 1. The second kappa shape index (κ2) is 9.46. The Morgan fingerprint density at radius 3 is 2.39 bits per heavy atom. The van der Waals surface area contributed by atoms with Gasteiger partial charge in [0.05, 0.1) is 5.56 Å². The van der Waals surface area contributed by atoms with Crippen LogP contribution in [0.1, 0.15) is 33.4 Å². The van der Waals surface area contributed by atoms with E-state index in [9.17, 15) is 18.0 Å². The lowest BCUT2D eigenvalue weighted by Crippen LogP contribution is -2.30. The van der Waals surface area contributed by atoms with Crippen LogP contribution in [0.15, 0.2) is 83.4 Å². The number of amides is 1. The van der Waals surface area contributed by atoms with Gasteiger partial charge in [-0.25, -0.2) is 0 Å². The third-order valence-corrected chi connectivity index (χ3v) is 5.12. The molecule has 0 saturated heterocycles. The molecule has 0 aliphatic carbocycles. The van der Waals surface area contributed by atoms with E-state index < -0.39 is 23.7 Å². The SMILES string of the molecule is O=C(NC(Cc1ccccc1)c1nc(-c2cccc(Cl)c2)no1)c1ccc(C(F)(F)F)cc1. The fourth-order valence-corrected chi connectivity index (χ4v) is 3.41. The van der Waals surface area contributed by atoms with E-state index in [0.29, 0.717) is 22.8 Å². The number of rotatable bonds is 6. The maximum absolute atomic E-state index is 12.8. The number of halogens is 4. The molecule has 9 heteroatoms. The molecular weight excluding hydrogens is 455 g/mol. The van der Waals surface area contributed by atoms with Crippen LogP contribution in [0.4, 0.5) is 13.2 Å². The summed E-state index contributed by atoms with van der Waals surface area (Å²) in [7, 11) is 0. The smallest absolute Gasteiger partial charge is 0.340 e. The van der Waals surface area contributed by atoms with E-state index in [1.54, 1.807) is 24.3 Å². The highest BCUT2D eigenvalue weighted by molar-refractivity contribution is 6.30.